The van der Waals surface area contributed by atoms with Gasteiger partial charge in [0.1, 0.15) is 5.82 Å². The van der Waals surface area contributed by atoms with Gasteiger partial charge < -0.3 is 9.90 Å². The fourth-order valence-corrected chi connectivity index (χ4v) is 2.65. The number of aromatic carboxylic acids is 1. The number of carbonyl (C=O) groups is 1. The smallest absolute Gasteiger partial charge is 0.545 e. The second kappa shape index (κ2) is 7.48. The van der Waals surface area contributed by atoms with Gasteiger partial charge in [0.15, 0.2) is 0 Å². The van der Waals surface area contributed by atoms with Crippen LogP contribution in [0.15, 0.2) is 53.4 Å². The molecular formula is C13H9FKNO4S. The van der Waals surface area contributed by atoms with Gasteiger partial charge in [0.2, 0.25) is 0 Å². The van der Waals surface area contributed by atoms with Crippen LogP contribution in [0.25, 0.3) is 0 Å². The van der Waals surface area contributed by atoms with E-state index < -0.39 is 21.8 Å². The van der Waals surface area contributed by atoms with E-state index in [2.05, 4.69) is 4.72 Å². The average molecular weight is 333 g/mol. The van der Waals surface area contributed by atoms with Gasteiger partial charge in [-0.1, -0.05) is 24.3 Å². The molecule has 8 heteroatoms. The molecule has 0 spiro atoms. The van der Waals surface area contributed by atoms with Crippen molar-refractivity contribution in [2.24, 2.45) is 0 Å². The molecule has 2 aromatic carbocycles. The number of carboxylic acid groups (broad SMARTS) is 1. The van der Waals surface area contributed by atoms with Crippen molar-refractivity contribution in [2.75, 3.05) is 4.72 Å². The van der Waals surface area contributed by atoms with Crippen molar-refractivity contribution in [2.45, 2.75) is 4.90 Å². The third-order valence-corrected chi connectivity index (χ3v) is 3.86. The molecule has 0 bridgehead atoms. The Morgan fingerprint density at radius 2 is 1.76 bits per heavy atom. The molecule has 104 valence electrons. The molecule has 0 saturated carbocycles. The fraction of sp³-hybridized carbons (Fsp3) is 0. The molecule has 2 aromatic rings. The number of halogens is 1. The standard InChI is InChI=1S/C13H10FNO4S.K/c14-11-6-1-2-7-12(11)15-20(18,19)10-5-3-4-9(8-10)13(16)17;/h1-8,15H,(H,16,17);/q;+1/p-1. The van der Waals surface area contributed by atoms with E-state index in [4.69, 9.17) is 0 Å². The van der Waals surface area contributed by atoms with Crippen LogP contribution in [0, 0.1) is 5.82 Å². The number of para-hydroxylation sites is 1. The van der Waals surface area contributed by atoms with E-state index in [1.165, 1.54) is 36.4 Å². The van der Waals surface area contributed by atoms with E-state index in [1.54, 1.807) is 0 Å². The zero-order valence-corrected chi connectivity index (χ0v) is 15.0. The Hall–Kier alpha value is -0.774. The van der Waals surface area contributed by atoms with E-state index in [0.717, 1.165) is 12.1 Å². The molecule has 0 saturated heterocycles. The van der Waals surface area contributed by atoms with Crippen molar-refractivity contribution in [3.8, 4) is 0 Å². The maximum Gasteiger partial charge on any atom is 1.00 e. The summed E-state index contributed by atoms with van der Waals surface area (Å²) in [5, 5.41) is 10.7. The van der Waals surface area contributed by atoms with Crippen molar-refractivity contribution in [1.29, 1.82) is 0 Å². The molecule has 0 fully saturated rings. The first-order valence-electron chi connectivity index (χ1n) is 5.49. The molecule has 0 unspecified atom stereocenters. The number of hydrogen-bond donors (Lipinski definition) is 1. The molecule has 0 aromatic heterocycles. The Labute approximate surface area is 163 Å². The molecule has 0 aliphatic heterocycles. The second-order valence-electron chi connectivity index (χ2n) is 3.90. The average Bonchev–Trinajstić information content (AvgIpc) is 2.41. The molecule has 5 nitrogen and oxygen atoms in total. The zero-order valence-electron chi connectivity index (χ0n) is 11.0. The van der Waals surface area contributed by atoms with Crippen LogP contribution in [-0.2, 0) is 10.0 Å². The minimum Gasteiger partial charge on any atom is -0.545 e. The number of carbonyl (C=O) groups excluding carboxylic acids is 1. The van der Waals surface area contributed by atoms with Crippen molar-refractivity contribution >= 4 is 21.7 Å². The predicted molar refractivity (Wildman–Crippen MR) is 68.0 cm³/mol. The van der Waals surface area contributed by atoms with E-state index in [0.29, 0.717) is 0 Å². The number of anilines is 1. The Bertz CT molecular complexity index is 764. The van der Waals surface area contributed by atoms with Crippen molar-refractivity contribution in [3.63, 3.8) is 0 Å². The molecule has 0 aliphatic rings. The van der Waals surface area contributed by atoms with Gasteiger partial charge in [-0.25, -0.2) is 12.8 Å². The summed E-state index contributed by atoms with van der Waals surface area (Å²) in [5.74, 6) is -2.22. The maximum absolute atomic E-state index is 13.4. The fourth-order valence-electron chi connectivity index (χ4n) is 1.54. The van der Waals surface area contributed by atoms with Crippen LogP contribution < -0.4 is 61.2 Å². The number of nitrogens with one attached hydrogen (secondary N) is 1. The Morgan fingerprint density at radius 3 is 2.38 bits per heavy atom. The van der Waals surface area contributed by atoms with Gasteiger partial charge in [-0.2, -0.15) is 0 Å². The van der Waals surface area contributed by atoms with E-state index >= 15 is 0 Å². The van der Waals surface area contributed by atoms with Gasteiger partial charge >= 0.3 is 51.4 Å². The summed E-state index contributed by atoms with van der Waals surface area (Å²) in [5.41, 5.74) is -0.493. The topological polar surface area (TPSA) is 86.3 Å². The molecule has 2 rings (SSSR count). The van der Waals surface area contributed by atoms with Crippen LogP contribution in [-0.4, -0.2) is 14.4 Å². The van der Waals surface area contributed by atoms with Crippen molar-refractivity contribution in [1.82, 2.24) is 0 Å². The first-order chi connectivity index (χ1) is 9.40. The van der Waals surface area contributed by atoms with Crippen LogP contribution in [0.5, 0.6) is 0 Å². The number of sulfonamides is 1. The maximum atomic E-state index is 13.4. The monoisotopic (exact) mass is 333 g/mol. The molecule has 1 N–H and O–H groups in total. The van der Waals surface area contributed by atoms with Crippen molar-refractivity contribution < 1.29 is 74.1 Å². The largest absolute Gasteiger partial charge is 1.00 e. The number of rotatable bonds is 4. The van der Waals surface area contributed by atoms with Gasteiger partial charge in [-0.3, -0.25) is 4.72 Å². The summed E-state index contributed by atoms with van der Waals surface area (Å²) in [4.78, 5) is 10.4. The van der Waals surface area contributed by atoms with E-state index in [-0.39, 0.29) is 67.5 Å². The van der Waals surface area contributed by atoms with Gasteiger partial charge in [0, 0.05) is 0 Å². The molecule has 0 heterocycles. The Balaban J connectivity index is 0.00000220. The molecule has 0 aliphatic carbocycles. The predicted octanol–water partition coefficient (Wildman–Crippen LogP) is -2.01. The summed E-state index contributed by atoms with van der Waals surface area (Å²) < 4.78 is 39.5. The van der Waals surface area contributed by atoms with Crippen LogP contribution in [0.2, 0.25) is 0 Å². The summed E-state index contributed by atoms with van der Waals surface area (Å²) in [7, 11) is -4.07. The normalized spacial score (nSPS) is 10.5. The molecule has 0 amide bonds. The van der Waals surface area contributed by atoms with Gasteiger partial charge in [0.25, 0.3) is 10.0 Å². The summed E-state index contributed by atoms with van der Waals surface area (Å²) in [6.45, 7) is 0. The van der Waals surface area contributed by atoms with Gasteiger partial charge in [-0.05, 0) is 29.8 Å². The van der Waals surface area contributed by atoms with Crippen LogP contribution in [0.4, 0.5) is 10.1 Å². The van der Waals surface area contributed by atoms with E-state index in [1.807, 2.05) is 0 Å². The first-order valence-corrected chi connectivity index (χ1v) is 6.97. The molecule has 21 heavy (non-hydrogen) atoms. The van der Waals surface area contributed by atoms with Gasteiger partial charge in [-0.15, -0.1) is 0 Å². The van der Waals surface area contributed by atoms with Crippen LogP contribution in [0.3, 0.4) is 0 Å². The van der Waals surface area contributed by atoms with Gasteiger partial charge in [0.05, 0.1) is 16.6 Å². The third kappa shape index (κ3) is 4.60. The number of hydrogen-bond acceptors (Lipinski definition) is 4. The summed E-state index contributed by atoms with van der Waals surface area (Å²) in [6.07, 6.45) is 0. The Morgan fingerprint density at radius 1 is 1.10 bits per heavy atom. The first kappa shape index (κ1) is 18.3. The molecule has 0 atom stereocenters. The zero-order chi connectivity index (χ0) is 14.8. The van der Waals surface area contributed by atoms with Crippen LogP contribution in [0.1, 0.15) is 10.4 Å². The minimum atomic E-state index is -4.07. The third-order valence-electron chi connectivity index (χ3n) is 2.50. The van der Waals surface area contributed by atoms with Crippen LogP contribution >= 0.6 is 0 Å². The van der Waals surface area contributed by atoms with Crippen molar-refractivity contribution in [3.05, 3.63) is 59.9 Å². The Kier molecular flexibility index (Phi) is 6.51. The molecular weight excluding hydrogens is 324 g/mol. The van der Waals surface area contributed by atoms with E-state index in [9.17, 15) is 22.7 Å². The summed E-state index contributed by atoms with van der Waals surface area (Å²) in [6, 6.07) is 9.87. The minimum absolute atomic E-state index is 0. The number of carboxylic acids is 1. The number of benzene rings is 2. The summed E-state index contributed by atoms with van der Waals surface area (Å²) >= 11 is 0. The SMILES string of the molecule is O=C([O-])c1cccc(S(=O)(=O)Nc2ccccc2F)c1.[K+]. The quantitative estimate of drug-likeness (QED) is 0.656. The second-order valence-corrected chi connectivity index (χ2v) is 5.58. The molecule has 0 radical (unpaired) electrons.